The first-order valence-corrected chi connectivity index (χ1v) is 7.32. The molecular formula is C15H16N4OS. The third-order valence-corrected chi connectivity index (χ3v) is 4.06. The molecule has 1 aromatic heterocycles. The molecule has 0 atom stereocenters. The molecule has 0 unspecified atom stereocenters. The summed E-state index contributed by atoms with van der Waals surface area (Å²) in [4.78, 5) is 1.03. The molecule has 6 heteroatoms. The lowest BCUT2D eigenvalue weighted by Crippen LogP contribution is -1.93. The Kier molecular flexibility index (Phi) is 3.48. The normalized spacial score (nSPS) is 11.0. The van der Waals surface area contributed by atoms with Gasteiger partial charge in [0.15, 0.2) is 5.82 Å². The van der Waals surface area contributed by atoms with Crippen molar-refractivity contribution in [2.45, 2.75) is 11.8 Å². The molecule has 0 aliphatic rings. The minimum atomic E-state index is 0.440. The van der Waals surface area contributed by atoms with Crippen molar-refractivity contribution >= 4 is 28.7 Å². The summed E-state index contributed by atoms with van der Waals surface area (Å²) in [6.07, 6.45) is 0. The summed E-state index contributed by atoms with van der Waals surface area (Å²) in [5.74, 6) is 1.17. The maximum Gasteiger partial charge on any atom is 0.156 e. The maximum atomic E-state index is 5.94. The standard InChI is InChI=1S/C15H16N4OS/c1-8-7-9(21-17)3-4-10(8)11-5-6-12-13(14(11)20-2)15(16)19-18-12/h3-7H,17H2,1-2H3,(H3,16,18,19). The van der Waals surface area contributed by atoms with Gasteiger partial charge >= 0.3 is 0 Å². The lowest BCUT2D eigenvalue weighted by molar-refractivity contribution is 0.421. The van der Waals surface area contributed by atoms with E-state index >= 15 is 0 Å². The summed E-state index contributed by atoms with van der Waals surface area (Å²) >= 11 is 1.24. The number of nitrogens with zero attached hydrogens (tertiary/aromatic N) is 1. The average molecular weight is 300 g/mol. The highest BCUT2D eigenvalue weighted by Gasteiger charge is 2.16. The van der Waals surface area contributed by atoms with Gasteiger partial charge in [0.05, 0.1) is 18.0 Å². The molecule has 5 nitrogen and oxygen atoms in total. The largest absolute Gasteiger partial charge is 0.495 e. The molecule has 3 aromatic rings. The van der Waals surface area contributed by atoms with Crippen molar-refractivity contribution in [1.82, 2.24) is 10.2 Å². The van der Waals surface area contributed by atoms with Crippen LogP contribution in [0.25, 0.3) is 22.0 Å². The van der Waals surface area contributed by atoms with Crippen molar-refractivity contribution in [3.05, 3.63) is 35.9 Å². The number of H-pyrrole nitrogens is 1. The van der Waals surface area contributed by atoms with E-state index in [4.69, 9.17) is 15.6 Å². The second-order valence-electron chi connectivity index (χ2n) is 4.77. The molecule has 0 bridgehead atoms. The van der Waals surface area contributed by atoms with Gasteiger partial charge < -0.3 is 10.5 Å². The molecule has 5 N–H and O–H groups in total. The van der Waals surface area contributed by atoms with Crippen molar-refractivity contribution in [2.75, 3.05) is 12.8 Å². The van der Waals surface area contributed by atoms with E-state index in [1.807, 2.05) is 24.3 Å². The quantitative estimate of drug-likeness (QED) is 0.647. The minimum absolute atomic E-state index is 0.440. The van der Waals surface area contributed by atoms with Crippen LogP contribution < -0.4 is 15.6 Å². The third kappa shape index (κ3) is 2.22. The fraction of sp³-hybridized carbons (Fsp3) is 0.133. The average Bonchev–Trinajstić information content (AvgIpc) is 2.88. The molecule has 0 fully saturated rings. The van der Waals surface area contributed by atoms with Gasteiger partial charge in [0.2, 0.25) is 0 Å². The monoisotopic (exact) mass is 300 g/mol. The van der Waals surface area contributed by atoms with Gasteiger partial charge in [-0.25, -0.2) is 0 Å². The number of hydrogen-bond acceptors (Lipinski definition) is 5. The van der Waals surface area contributed by atoms with E-state index < -0.39 is 0 Å². The molecule has 108 valence electrons. The number of methoxy groups -OCH3 is 1. The molecule has 21 heavy (non-hydrogen) atoms. The minimum Gasteiger partial charge on any atom is -0.495 e. The number of nitrogen functional groups attached to an aromatic ring is 1. The Bertz CT molecular complexity index is 813. The molecule has 0 aliphatic carbocycles. The smallest absolute Gasteiger partial charge is 0.156 e. The Labute approximate surface area is 126 Å². The number of rotatable bonds is 3. The summed E-state index contributed by atoms with van der Waals surface area (Å²) in [5.41, 5.74) is 10.0. The molecular weight excluding hydrogens is 284 g/mol. The number of nitrogens with one attached hydrogen (secondary N) is 1. The molecule has 3 rings (SSSR count). The molecule has 0 amide bonds. The third-order valence-electron chi connectivity index (χ3n) is 3.54. The van der Waals surface area contributed by atoms with E-state index in [0.29, 0.717) is 5.82 Å². The Morgan fingerprint density at radius 1 is 1.19 bits per heavy atom. The van der Waals surface area contributed by atoms with E-state index in [2.05, 4.69) is 23.2 Å². The number of anilines is 1. The van der Waals surface area contributed by atoms with Crippen LogP contribution in [0.5, 0.6) is 5.75 Å². The fourth-order valence-corrected chi connectivity index (χ4v) is 2.93. The Morgan fingerprint density at radius 2 is 1.95 bits per heavy atom. The Balaban J connectivity index is 2.27. The van der Waals surface area contributed by atoms with Crippen LogP contribution in [0.1, 0.15) is 5.56 Å². The van der Waals surface area contributed by atoms with Gasteiger partial charge in [-0.15, -0.1) is 0 Å². The number of hydrogen-bond donors (Lipinski definition) is 3. The first-order chi connectivity index (χ1) is 10.2. The van der Waals surface area contributed by atoms with E-state index in [9.17, 15) is 0 Å². The first kappa shape index (κ1) is 13.8. The number of ether oxygens (including phenoxy) is 1. The molecule has 0 spiro atoms. The molecule has 0 saturated heterocycles. The number of aromatic nitrogens is 2. The van der Waals surface area contributed by atoms with Crippen molar-refractivity contribution in [1.29, 1.82) is 0 Å². The summed E-state index contributed by atoms with van der Waals surface area (Å²) < 4.78 is 5.59. The van der Waals surface area contributed by atoms with E-state index in [1.165, 1.54) is 11.9 Å². The molecule has 0 radical (unpaired) electrons. The SMILES string of the molecule is COc1c(-c2ccc(SN)cc2C)ccc2[nH]nc(N)c12. The van der Waals surface area contributed by atoms with Gasteiger partial charge in [-0.05, 0) is 54.3 Å². The van der Waals surface area contributed by atoms with Crippen molar-refractivity contribution in [3.63, 3.8) is 0 Å². The summed E-state index contributed by atoms with van der Waals surface area (Å²) in [5, 5.41) is 13.4. The van der Waals surface area contributed by atoms with Crippen LogP contribution >= 0.6 is 11.9 Å². The van der Waals surface area contributed by atoms with Crippen LogP contribution in [-0.2, 0) is 0 Å². The zero-order valence-corrected chi connectivity index (χ0v) is 12.6. The first-order valence-electron chi connectivity index (χ1n) is 6.44. The number of aromatic amines is 1. The zero-order chi connectivity index (χ0) is 15.0. The molecule has 2 aromatic carbocycles. The lowest BCUT2D eigenvalue weighted by Gasteiger charge is -2.13. The van der Waals surface area contributed by atoms with Crippen LogP contribution in [-0.4, -0.2) is 17.3 Å². The molecule has 0 aliphatic heterocycles. The molecule has 1 heterocycles. The van der Waals surface area contributed by atoms with Gasteiger partial charge in [0.25, 0.3) is 0 Å². The van der Waals surface area contributed by atoms with Gasteiger partial charge in [0.1, 0.15) is 5.75 Å². The predicted octanol–water partition coefficient (Wildman–Crippen LogP) is 3.09. The van der Waals surface area contributed by atoms with Crippen LogP contribution in [0, 0.1) is 6.92 Å². The van der Waals surface area contributed by atoms with Crippen LogP contribution in [0.3, 0.4) is 0 Å². The van der Waals surface area contributed by atoms with Gasteiger partial charge in [0, 0.05) is 10.5 Å². The van der Waals surface area contributed by atoms with Crippen LogP contribution in [0.15, 0.2) is 35.2 Å². The number of nitrogens with two attached hydrogens (primary N) is 2. The van der Waals surface area contributed by atoms with E-state index in [1.54, 1.807) is 7.11 Å². The fourth-order valence-electron chi connectivity index (χ4n) is 2.54. The topological polar surface area (TPSA) is 90.0 Å². The van der Waals surface area contributed by atoms with E-state index in [0.717, 1.165) is 38.2 Å². The van der Waals surface area contributed by atoms with E-state index in [-0.39, 0.29) is 0 Å². The predicted molar refractivity (Wildman–Crippen MR) is 87.3 cm³/mol. The number of fused-ring (bicyclic) bond motifs is 1. The summed E-state index contributed by atoms with van der Waals surface area (Å²) in [6, 6.07) is 10.1. The Morgan fingerprint density at radius 3 is 2.62 bits per heavy atom. The number of benzene rings is 2. The summed E-state index contributed by atoms with van der Waals surface area (Å²) in [7, 11) is 1.64. The lowest BCUT2D eigenvalue weighted by atomic mass is 9.98. The molecule has 0 saturated carbocycles. The number of aryl methyl sites for hydroxylation is 1. The van der Waals surface area contributed by atoms with Crippen molar-refractivity contribution < 1.29 is 4.74 Å². The second kappa shape index (κ2) is 5.31. The van der Waals surface area contributed by atoms with Crippen LogP contribution in [0.4, 0.5) is 5.82 Å². The van der Waals surface area contributed by atoms with Crippen molar-refractivity contribution in [3.8, 4) is 16.9 Å². The van der Waals surface area contributed by atoms with Gasteiger partial charge in [-0.3, -0.25) is 10.2 Å². The van der Waals surface area contributed by atoms with Crippen molar-refractivity contribution in [2.24, 2.45) is 5.14 Å². The Hall–Kier alpha value is -2.18. The van der Waals surface area contributed by atoms with Gasteiger partial charge in [-0.1, -0.05) is 6.07 Å². The van der Waals surface area contributed by atoms with Gasteiger partial charge in [-0.2, -0.15) is 5.10 Å². The highest BCUT2D eigenvalue weighted by atomic mass is 32.2. The zero-order valence-electron chi connectivity index (χ0n) is 11.8. The second-order valence-corrected chi connectivity index (χ2v) is 5.48. The highest BCUT2D eigenvalue weighted by molar-refractivity contribution is 7.97. The van der Waals surface area contributed by atoms with Crippen LogP contribution in [0.2, 0.25) is 0 Å². The maximum absolute atomic E-state index is 5.94. The highest BCUT2D eigenvalue weighted by Crippen LogP contribution is 2.40. The summed E-state index contributed by atoms with van der Waals surface area (Å²) in [6.45, 7) is 2.05.